The van der Waals surface area contributed by atoms with Crippen molar-refractivity contribution in [2.75, 3.05) is 44.3 Å². The summed E-state index contributed by atoms with van der Waals surface area (Å²) in [6.45, 7) is 5.36. The highest BCUT2D eigenvalue weighted by Crippen LogP contribution is 2.44. The molecule has 3 aliphatic heterocycles. The van der Waals surface area contributed by atoms with Crippen molar-refractivity contribution < 1.29 is 28.5 Å². The minimum atomic E-state index is -0.954. The standard InChI is InChI=1S/C31H30ClFN4O5/c32-20-5-6-22(23(33)15-20)28-18-41-27-3-1-2-25(30(27)42-28)36-11-9-35(10-12-36)17-29-34-24-7-4-19(31(38)39)14-26(24)37(29)16-21-8-13-40-21/h1-7,14-15,21,28H,8-13,16-18H2,(H,38,39)/t21-,28?/m0/s1. The third-order valence-corrected chi connectivity index (χ3v) is 8.48. The van der Waals surface area contributed by atoms with E-state index in [9.17, 15) is 14.3 Å². The first-order chi connectivity index (χ1) is 20.4. The van der Waals surface area contributed by atoms with Crippen molar-refractivity contribution in [1.82, 2.24) is 14.5 Å². The quantitative estimate of drug-likeness (QED) is 0.315. The monoisotopic (exact) mass is 592 g/mol. The van der Waals surface area contributed by atoms with Crippen LogP contribution in [0.25, 0.3) is 11.0 Å². The minimum absolute atomic E-state index is 0.114. The van der Waals surface area contributed by atoms with Gasteiger partial charge in [-0.15, -0.1) is 0 Å². The van der Waals surface area contributed by atoms with E-state index in [0.717, 1.165) is 61.8 Å². The van der Waals surface area contributed by atoms with Gasteiger partial charge in [-0.2, -0.15) is 0 Å². The molecule has 0 aliphatic carbocycles. The number of carboxylic acids is 1. The van der Waals surface area contributed by atoms with Crippen molar-refractivity contribution in [3.63, 3.8) is 0 Å². The van der Waals surface area contributed by atoms with Gasteiger partial charge in [-0.1, -0.05) is 23.7 Å². The number of imidazole rings is 1. The van der Waals surface area contributed by atoms with E-state index in [4.69, 9.17) is 30.8 Å². The summed E-state index contributed by atoms with van der Waals surface area (Å²) in [6, 6.07) is 15.5. The molecule has 2 saturated heterocycles. The first kappa shape index (κ1) is 27.0. The van der Waals surface area contributed by atoms with E-state index in [-0.39, 0.29) is 18.3 Å². The summed E-state index contributed by atoms with van der Waals surface area (Å²) in [5.41, 5.74) is 3.18. The van der Waals surface area contributed by atoms with Gasteiger partial charge in [-0.3, -0.25) is 4.90 Å². The van der Waals surface area contributed by atoms with Crippen LogP contribution in [0, 0.1) is 5.82 Å². The predicted molar refractivity (Wildman–Crippen MR) is 155 cm³/mol. The Morgan fingerprint density at radius 2 is 1.93 bits per heavy atom. The van der Waals surface area contributed by atoms with Crippen LogP contribution in [-0.2, 0) is 17.8 Å². The van der Waals surface area contributed by atoms with E-state index >= 15 is 0 Å². The summed E-state index contributed by atoms with van der Waals surface area (Å²) < 4.78 is 34.8. The van der Waals surface area contributed by atoms with Crippen LogP contribution in [0.1, 0.15) is 34.3 Å². The summed E-state index contributed by atoms with van der Waals surface area (Å²) >= 11 is 5.95. The molecule has 218 valence electrons. The van der Waals surface area contributed by atoms with E-state index in [2.05, 4.69) is 14.4 Å². The lowest BCUT2D eigenvalue weighted by Gasteiger charge is -2.38. The van der Waals surface area contributed by atoms with E-state index < -0.39 is 17.9 Å². The van der Waals surface area contributed by atoms with Crippen molar-refractivity contribution in [3.8, 4) is 11.5 Å². The Labute approximate surface area is 247 Å². The van der Waals surface area contributed by atoms with E-state index in [1.165, 1.54) is 6.07 Å². The number of anilines is 1. The number of halogens is 2. The smallest absolute Gasteiger partial charge is 0.335 e. The molecule has 3 aromatic carbocycles. The molecule has 2 atom stereocenters. The summed E-state index contributed by atoms with van der Waals surface area (Å²) in [7, 11) is 0. The van der Waals surface area contributed by atoms with E-state index in [1.54, 1.807) is 30.3 Å². The van der Waals surface area contributed by atoms with Crippen LogP contribution in [-0.4, -0.2) is 71.0 Å². The average molecular weight is 593 g/mol. The third-order valence-electron chi connectivity index (χ3n) is 8.25. The molecule has 0 bridgehead atoms. The van der Waals surface area contributed by atoms with Crippen LogP contribution in [0.15, 0.2) is 54.6 Å². The number of carbonyl (C=O) groups is 1. The normalized spacial score (nSPS) is 20.5. The van der Waals surface area contributed by atoms with Gasteiger partial charge in [0.15, 0.2) is 17.6 Å². The Kier molecular flexibility index (Phi) is 7.13. The maximum absolute atomic E-state index is 14.7. The number of rotatable bonds is 7. The molecule has 4 heterocycles. The second kappa shape index (κ2) is 11.1. The van der Waals surface area contributed by atoms with E-state index in [0.29, 0.717) is 35.2 Å². The lowest BCUT2D eigenvalue weighted by molar-refractivity contribution is -0.0592. The number of piperazine rings is 1. The minimum Gasteiger partial charge on any atom is -0.485 e. The number of aromatic carboxylic acids is 1. The molecule has 1 N–H and O–H groups in total. The van der Waals surface area contributed by atoms with Crippen molar-refractivity contribution >= 4 is 34.3 Å². The molecule has 2 fully saturated rings. The van der Waals surface area contributed by atoms with Gasteiger partial charge in [0.05, 0.1) is 41.5 Å². The van der Waals surface area contributed by atoms with Gasteiger partial charge >= 0.3 is 5.97 Å². The molecule has 7 rings (SSSR count). The van der Waals surface area contributed by atoms with Crippen LogP contribution in [0.4, 0.5) is 10.1 Å². The zero-order valence-corrected chi connectivity index (χ0v) is 23.6. The Bertz CT molecular complexity index is 1650. The van der Waals surface area contributed by atoms with Crippen molar-refractivity contribution in [2.45, 2.75) is 31.7 Å². The van der Waals surface area contributed by atoms with Gasteiger partial charge in [0, 0.05) is 43.4 Å². The number of carboxylic acid groups (broad SMARTS) is 1. The van der Waals surface area contributed by atoms with Gasteiger partial charge in [-0.05, 0) is 48.9 Å². The third kappa shape index (κ3) is 5.14. The number of benzene rings is 3. The number of hydrogen-bond acceptors (Lipinski definition) is 7. The second-order valence-electron chi connectivity index (χ2n) is 10.9. The number of nitrogens with zero attached hydrogens (tertiary/aromatic N) is 4. The molecular formula is C31H30ClFN4O5. The zero-order valence-electron chi connectivity index (χ0n) is 22.8. The number of fused-ring (bicyclic) bond motifs is 2. The van der Waals surface area contributed by atoms with Crippen molar-refractivity contribution in [2.24, 2.45) is 0 Å². The fourth-order valence-electron chi connectivity index (χ4n) is 5.85. The van der Waals surface area contributed by atoms with Crippen LogP contribution in [0.2, 0.25) is 5.02 Å². The second-order valence-corrected chi connectivity index (χ2v) is 11.3. The maximum atomic E-state index is 14.7. The lowest BCUT2D eigenvalue weighted by Crippen LogP contribution is -2.46. The number of aromatic nitrogens is 2. The highest BCUT2D eigenvalue weighted by molar-refractivity contribution is 6.30. The summed E-state index contributed by atoms with van der Waals surface area (Å²) in [6.07, 6.45) is 0.518. The van der Waals surface area contributed by atoms with Crippen LogP contribution >= 0.6 is 11.6 Å². The lowest BCUT2D eigenvalue weighted by atomic mass is 10.1. The van der Waals surface area contributed by atoms with Gasteiger partial charge < -0.3 is 28.8 Å². The molecule has 0 amide bonds. The predicted octanol–water partition coefficient (Wildman–Crippen LogP) is 5.15. The molecule has 9 nitrogen and oxygen atoms in total. The fourth-order valence-corrected chi connectivity index (χ4v) is 6.01. The number of para-hydroxylation sites is 1. The number of ether oxygens (including phenoxy) is 3. The molecule has 4 aromatic rings. The Balaban J connectivity index is 1.07. The van der Waals surface area contributed by atoms with Gasteiger partial charge in [-0.25, -0.2) is 14.2 Å². The van der Waals surface area contributed by atoms with Gasteiger partial charge in [0.25, 0.3) is 0 Å². The topological polar surface area (TPSA) is 89.3 Å². The summed E-state index contributed by atoms with van der Waals surface area (Å²) in [4.78, 5) is 21.1. The molecule has 1 unspecified atom stereocenters. The van der Waals surface area contributed by atoms with Gasteiger partial charge in [0.1, 0.15) is 18.2 Å². The van der Waals surface area contributed by atoms with Crippen LogP contribution in [0.5, 0.6) is 11.5 Å². The van der Waals surface area contributed by atoms with Crippen molar-refractivity contribution in [1.29, 1.82) is 0 Å². The summed E-state index contributed by atoms with van der Waals surface area (Å²) in [5.74, 6) is 0.795. The van der Waals surface area contributed by atoms with Crippen molar-refractivity contribution in [3.05, 3.63) is 82.4 Å². The molecule has 3 aliphatic rings. The number of hydrogen-bond donors (Lipinski definition) is 1. The SMILES string of the molecule is O=C(O)c1ccc2nc(CN3CCN(c4cccc5c4OC(c4ccc(Cl)cc4F)CO5)CC3)n(C[C@@H]3CCO3)c2c1. The molecule has 0 radical (unpaired) electrons. The Morgan fingerprint density at radius 1 is 1.10 bits per heavy atom. The molecule has 0 spiro atoms. The van der Waals surface area contributed by atoms with Crippen LogP contribution in [0.3, 0.4) is 0 Å². The molecular weight excluding hydrogens is 563 g/mol. The van der Waals surface area contributed by atoms with Gasteiger partial charge in [0.2, 0.25) is 0 Å². The Morgan fingerprint density at radius 3 is 2.67 bits per heavy atom. The molecule has 42 heavy (non-hydrogen) atoms. The summed E-state index contributed by atoms with van der Waals surface area (Å²) in [5, 5.41) is 9.86. The first-order valence-corrected chi connectivity index (χ1v) is 14.5. The first-order valence-electron chi connectivity index (χ1n) is 14.1. The molecule has 1 aromatic heterocycles. The zero-order chi connectivity index (χ0) is 28.8. The largest absolute Gasteiger partial charge is 0.485 e. The van der Waals surface area contributed by atoms with E-state index in [1.807, 2.05) is 18.2 Å². The average Bonchev–Trinajstić information content (AvgIpc) is 3.30. The highest BCUT2D eigenvalue weighted by Gasteiger charge is 2.30. The fraction of sp³-hybridized carbons (Fsp3) is 0.355. The highest BCUT2D eigenvalue weighted by atomic mass is 35.5. The van der Waals surface area contributed by atoms with Crippen LogP contribution < -0.4 is 14.4 Å². The maximum Gasteiger partial charge on any atom is 0.335 e. The molecule has 11 heteroatoms. The molecule has 0 saturated carbocycles. The Hall–Kier alpha value is -3.86.